The van der Waals surface area contributed by atoms with E-state index in [2.05, 4.69) is 16.4 Å². The zero-order valence-electron chi connectivity index (χ0n) is 11.7. The Morgan fingerprint density at radius 3 is 3.05 bits per heavy atom. The van der Waals surface area contributed by atoms with Gasteiger partial charge in [0.15, 0.2) is 0 Å². The molecule has 1 aliphatic carbocycles. The summed E-state index contributed by atoms with van der Waals surface area (Å²) < 4.78 is 1.97. The lowest BCUT2D eigenvalue weighted by Crippen LogP contribution is -2.35. The van der Waals surface area contributed by atoms with E-state index >= 15 is 0 Å². The van der Waals surface area contributed by atoms with Gasteiger partial charge in [0.1, 0.15) is 0 Å². The molecule has 0 spiro atoms. The predicted molar refractivity (Wildman–Crippen MR) is 77.6 cm³/mol. The molecule has 1 heterocycles. The third-order valence-electron chi connectivity index (χ3n) is 3.78. The SMILES string of the molecule is CC(Cn1ccnc1)NC(=O)c1ccc2c(c1)CCC2. The van der Waals surface area contributed by atoms with E-state index in [1.54, 1.807) is 12.5 Å². The summed E-state index contributed by atoms with van der Waals surface area (Å²) in [6, 6.07) is 6.15. The molecule has 1 aromatic carbocycles. The summed E-state index contributed by atoms with van der Waals surface area (Å²) >= 11 is 0. The maximum atomic E-state index is 12.2. The largest absolute Gasteiger partial charge is 0.348 e. The Bertz CT molecular complexity index is 604. The highest BCUT2D eigenvalue weighted by Gasteiger charge is 2.15. The predicted octanol–water partition coefficient (Wildman–Crippen LogP) is 2.19. The summed E-state index contributed by atoms with van der Waals surface area (Å²) in [5.74, 6) is 0.00677. The third kappa shape index (κ3) is 2.74. The van der Waals surface area contributed by atoms with Crippen LogP contribution in [0.3, 0.4) is 0 Å². The van der Waals surface area contributed by atoms with Crippen LogP contribution in [-0.4, -0.2) is 21.5 Å². The van der Waals surface area contributed by atoms with E-state index in [1.807, 2.05) is 29.8 Å². The molecule has 0 aliphatic heterocycles. The topological polar surface area (TPSA) is 46.9 Å². The van der Waals surface area contributed by atoms with Crippen LogP contribution in [-0.2, 0) is 19.4 Å². The van der Waals surface area contributed by atoms with Crippen LogP contribution < -0.4 is 5.32 Å². The molecule has 4 heteroatoms. The summed E-state index contributed by atoms with van der Waals surface area (Å²) in [5.41, 5.74) is 3.50. The highest BCUT2D eigenvalue weighted by molar-refractivity contribution is 5.94. The number of aromatic nitrogens is 2. The van der Waals surface area contributed by atoms with Gasteiger partial charge in [0, 0.05) is 30.5 Å². The minimum absolute atomic E-state index is 0.00677. The molecular weight excluding hydrogens is 250 g/mol. The Morgan fingerprint density at radius 1 is 1.40 bits per heavy atom. The second kappa shape index (κ2) is 5.49. The van der Waals surface area contributed by atoms with Crippen molar-refractivity contribution in [1.82, 2.24) is 14.9 Å². The van der Waals surface area contributed by atoms with Crippen LogP contribution in [0.25, 0.3) is 0 Å². The van der Waals surface area contributed by atoms with Gasteiger partial charge in [-0.1, -0.05) is 6.07 Å². The molecule has 0 saturated heterocycles. The summed E-state index contributed by atoms with van der Waals surface area (Å²) in [6.45, 7) is 2.74. The first-order valence-electron chi connectivity index (χ1n) is 7.11. The van der Waals surface area contributed by atoms with Crippen molar-refractivity contribution in [2.24, 2.45) is 0 Å². The molecule has 1 unspecified atom stereocenters. The molecule has 3 rings (SSSR count). The number of benzene rings is 1. The number of hydrogen-bond donors (Lipinski definition) is 1. The first-order chi connectivity index (χ1) is 9.72. The average molecular weight is 269 g/mol. The molecule has 1 atom stereocenters. The normalized spacial score (nSPS) is 14.8. The van der Waals surface area contributed by atoms with E-state index in [9.17, 15) is 4.79 Å². The van der Waals surface area contributed by atoms with Crippen LogP contribution in [0.5, 0.6) is 0 Å². The molecule has 4 nitrogen and oxygen atoms in total. The molecule has 0 fully saturated rings. The van der Waals surface area contributed by atoms with Gasteiger partial charge < -0.3 is 9.88 Å². The summed E-state index contributed by atoms with van der Waals surface area (Å²) in [7, 11) is 0. The summed E-state index contributed by atoms with van der Waals surface area (Å²) in [4.78, 5) is 16.2. The van der Waals surface area contributed by atoms with Gasteiger partial charge in [-0.3, -0.25) is 4.79 Å². The summed E-state index contributed by atoms with van der Waals surface area (Å²) in [6.07, 6.45) is 8.86. The van der Waals surface area contributed by atoms with E-state index in [0.717, 1.165) is 24.9 Å². The minimum atomic E-state index is 0.00677. The zero-order chi connectivity index (χ0) is 13.9. The Kier molecular flexibility index (Phi) is 3.54. The Hall–Kier alpha value is -2.10. The molecule has 0 radical (unpaired) electrons. The maximum absolute atomic E-state index is 12.2. The van der Waals surface area contributed by atoms with E-state index in [0.29, 0.717) is 0 Å². The van der Waals surface area contributed by atoms with Crippen molar-refractivity contribution >= 4 is 5.91 Å². The fourth-order valence-electron chi connectivity index (χ4n) is 2.78. The van der Waals surface area contributed by atoms with E-state index in [1.165, 1.54) is 17.5 Å². The molecule has 0 bridgehead atoms. The molecule has 1 aromatic heterocycles. The Morgan fingerprint density at radius 2 is 2.25 bits per heavy atom. The van der Waals surface area contributed by atoms with Crippen molar-refractivity contribution in [2.45, 2.75) is 38.8 Å². The number of imidazole rings is 1. The standard InChI is InChI=1S/C16H19N3O/c1-12(10-19-8-7-17-11-19)18-16(20)15-6-5-13-3-2-4-14(13)9-15/h5-9,11-12H,2-4,10H2,1H3,(H,18,20). The van der Waals surface area contributed by atoms with Crippen LogP contribution in [0, 0.1) is 0 Å². The van der Waals surface area contributed by atoms with Crippen molar-refractivity contribution in [2.75, 3.05) is 0 Å². The maximum Gasteiger partial charge on any atom is 0.251 e. The Labute approximate surface area is 118 Å². The number of nitrogens with zero attached hydrogens (tertiary/aromatic N) is 2. The van der Waals surface area contributed by atoms with E-state index in [4.69, 9.17) is 0 Å². The van der Waals surface area contributed by atoms with Gasteiger partial charge in [-0.25, -0.2) is 4.98 Å². The number of nitrogens with one attached hydrogen (secondary N) is 1. The first kappa shape index (κ1) is 12.9. The minimum Gasteiger partial charge on any atom is -0.348 e. The van der Waals surface area contributed by atoms with Gasteiger partial charge in [0.2, 0.25) is 0 Å². The monoisotopic (exact) mass is 269 g/mol. The number of carbonyl (C=O) groups excluding carboxylic acids is 1. The average Bonchev–Trinajstić information content (AvgIpc) is 3.07. The van der Waals surface area contributed by atoms with E-state index < -0.39 is 0 Å². The lowest BCUT2D eigenvalue weighted by molar-refractivity contribution is 0.0936. The molecular formula is C16H19N3O. The Balaban J connectivity index is 1.64. The van der Waals surface area contributed by atoms with Crippen molar-refractivity contribution in [3.8, 4) is 0 Å². The fraction of sp³-hybridized carbons (Fsp3) is 0.375. The number of rotatable bonds is 4. The highest BCUT2D eigenvalue weighted by atomic mass is 16.1. The lowest BCUT2D eigenvalue weighted by atomic mass is 10.1. The van der Waals surface area contributed by atoms with Crippen LogP contribution in [0.2, 0.25) is 0 Å². The fourth-order valence-corrected chi connectivity index (χ4v) is 2.78. The number of amides is 1. The van der Waals surface area contributed by atoms with Crippen LogP contribution >= 0.6 is 0 Å². The molecule has 1 N–H and O–H groups in total. The quantitative estimate of drug-likeness (QED) is 0.925. The van der Waals surface area contributed by atoms with Gasteiger partial charge in [-0.05, 0) is 49.4 Å². The van der Waals surface area contributed by atoms with Crippen LogP contribution in [0.4, 0.5) is 0 Å². The van der Waals surface area contributed by atoms with Crippen molar-refractivity contribution in [3.63, 3.8) is 0 Å². The highest BCUT2D eigenvalue weighted by Crippen LogP contribution is 2.22. The van der Waals surface area contributed by atoms with Gasteiger partial charge in [-0.15, -0.1) is 0 Å². The molecule has 104 valence electrons. The third-order valence-corrected chi connectivity index (χ3v) is 3.78. The zero-order valence-corrected chi connectivity index (χ0v) is 11.7. The van der Waals surface area contributed by atoms with E-state index in [-0.39, 0.29) is 11.9 Å². The lowest BCUT2D eigenvalue weighted by Gasteiger charge is -2.15. The summed E-state index contributed by atoms with van der Waals surface area (Å²) in [5, 5.41) is 3.04. The number of aryl methyl sites for hydroxylation is 2. The van der Waals surface area contributed by atoms with Crippen molar-refractivity contribution in [3.05, 3.63) is 53.6 Å². The first-order valence-corrected chi connectivity index (χ1v) is 7.11. The molecule has 1 aliphatic rings. The van der Waals surface area contributed by atoms with Gasteiger partial charge in [-0.2, -0.15) is 0 Å². The second-order valence-corrected chi connectivity index (χ2v) is 5.47. The molecule has 2 aromatic rings. The number of fused-ring (bicyclic) bond motifs is 1. The number of carbonyl (C=O) groups is 1. The van der Waals surface area contributed by atoms with Gasteiger partial charge in [0.05, 0.1) is 6.33 Å². The number of hydrogen-bond acceptors (Lipinski definition) is 2. The second-order valence-electron chi connectivity index (χ2n) is 5.47. The molecule has 0 saturated carbocycles. The van der Waals surface area contributed by atoms with Crippen LogP contribution in [0.15, 0.2) is 36.9 Å². The molecule has 20 heavy (non-hydrogen) atoms. The van der Waals surface area contributed by atoms with Gasteiger partial charge in [0.25, 0.3) is 5.91 Å². The van der Waals surface area contributed by atoms with Crippen LogP contribution in [0.1, 0.15) is 34.8 Å². The smallest absolute Gasteiger partial charge is 0.251 e. The molecule has 1 amide bonds. The van der Waals surface area contributed by atoms with Crippen molar-refractivity contribution in [1.29, 1.82) is 0 Å². The van der Waals surface area contributed by atoms with Crippen molar-refractivity contribution < 1.29 is 4.79 Å². The van der Waals surface area contributed by atoms with Gasteiger partial charge >= 0.3 is 0 Å².